The zero-order valence-electron chi connectivity index (χ0n) is 10.7. The van der Waals surface area contributed by atoms with Gasteiger partial charge in [0.05, 0.1) is 17.1 Å². The summed E-state index contributed by atoms with van der Waals surface area (Å²) in [5.41, 5.74) is 2.63. The van der Waals surface area contributed by atoms with Crippen LogP contribution in [0.25, 0.3) is 11.3 Å². The van der Waals surface area contributed by atoms with Crippen LogP contribution in [0.4, 0.5) is 0 Å². The van der Waals surface area contributed by atoms with Crippen molar-refractivity contribution in [3.05, 3.63) is 41.0 Å². The molecule has 0 N–H and O–H groups in total. The van der Waals surface area contributed by atoms with Crippen molar-refractivity contribution in [1.82, 2.24) is 9.78 Å². The Morgan fingerprint density at radius 1 is 1.17 bits per heavy atom. The van der Waals surface area contributed by atoms with Gasteiger partial charge in [0, 0.05) is 11.1 Å². The summed E-state index contributed by atoms with van der Waals surface area (Å²) in [6.45, 7) is 6.20. The van der Waals surface area contributed by atoms with Crippen LogP contribution in [0, 0.1) is 0 Å². The zero-order chi connectivity index (χ0) is 13.3. The standard InChI is InChI=1S/C14H16Cl2N2/c1-14(2,3)18-13(16)11(9-15)12(17-18)10-7-5-4-6-8-10/h4-8H,9H2,1-3H3. The van der Waals surface area contributed by atoms with Crippen molar-refractivity contribution in [2.24, 2.45) is 0 Å². The number of alkyl halides is 1. The van der Waals surface area contributed by atoms with Crippen molar-refractivity contribution in [3.8, 4) is 11.3 Å². The van der Waals surface area contributed by atoms with Crippen LogP contribution in [0.1, 0.15) is 26.3 Å². The third-order valence-electron chi connectivity index (χ3n) is 2.74. The van der Waals surface area contributed by atoms with Crippen molar-refractivity contribution in [2.75, 3.05) is 0 Å². The monoisotopic (exact) mass is 282 g/mol. The van der Waals surface area contributed by atoms with E-state index in [-0.39, 0.29) is 5.54 Å². The molecule has 0 unspecified atom stereocenters. The number of hydrogen-bond acceptors (Lipinski definition) is 1. The Labute approximate surface area is 118 Å². The number of rotatable bonds is 2. The second kappa shape index (κ2) is 4.94. The Bertz CT molecular complexity index is 539. The summed E-state index contributed by atoms with van der Waals surface area (Å²) in [5, 5.41) is 5.24. The molecule has 2 nitrogen and oxygen atoms in total. The molecule has 1 aromatic heterocycles. The molecule has 0 aliphatic heterocycles. The Hall–Kier alpha value is -0.990. The molecule has 2 rings (SSSR count). The molecule has 0 aliphatic carbocycles. The molecule has 18 heavy (non-hydrogen) atoms. The molecule has 0 fully saturated rings. The maximum Gasteiger partial charge on any atom is 0.132 e. The second-order valence-corrected chi connectivity index (χ2v) is 5.83. The minimum absolute atomic E-state index is 0.162. The maximum absolute atomic E-state index is 6.38. The van der Waals surface area contributed by atoms with Gasteiger partial charge in [-0.3, -0.25) is 0 Å². The molecule has 0 atom stereocenters. The van der Waals surface area contributed by atoms with Crippen molar-refractivity contribution >= 4 is 23.2 Å². The summed E-state index contributed by atoms with van der Waals surface area (Å²) < 4.78 is 1.83. The molecule has 0 bridgehead atoms. The third-order valence-corrected chi connectivity index (χ3v) is 3.39. The van der Waals surface area contributed by atoms with E-state index in [1.54, 1.807) is 0 Å². The summed E-state index contributed by atoms with van der Waals surface area (Å²) in [7, 11) is 0. The van der Waals surface area contributed by atoms with Crippen LogP contribution in [-0.2, 0) is 11.4 Å². The van der Waals surface area contributed by atoms with E-state index in [1.165, 1.54) is 0 Å². The van der Waals surface area contributed by atoms with Gasteiger partial charge < -0.3 is 0 Å². The van der Waals surface area contributed by atoms with Gasteiger partial charge >= 0.3 is 0 Å². The number of aromatic nitrogens is 2. The van der Waals surface area contributed by atoms with Crippen LogP contribution in [-0.4, -0.2) is 9.78 Å². The highest BCUT2D eigenvalue weighted by Gasteiger charge is 2.23. The zero-order valence-corrected chi connectivity index (χ0v) is 12.3. The molecule has 0 radical (unpaired) electrons. The van der Waals surface area contributed by atoms with Crippen molar-refractivity contribution in [3.63, 3.8) is 0 Å². The lowest BCUT2D eigenvalue weighted by atomic mass is 10.1. The topological polar surface area (TPSA) is 17.8 Å². The maximum atomic E-state index is 6.38. The van der Waals surface area contributed by atoms with E-state index in [9.17, 15) is 0 Å². The number of halogens is 2. The van der Waals surface area contributed by atoms with Crippen molar-refractivity contribution in [2.45, 2.75) is 32.2 Å². The van der Waals surface area contributed by atoms with Gasteiger partial charge in [-0.15, -0.1) is 11.6 Å². The molecule has 1 heterocycles. The first-order valence-electron chi connectivity index (χ1n) is 5.84. The Kier molecular flexibility index (Phi) is 3.69. The lowest BCUT2D eigenvalue weighted by molar-refractivity contribution is 0.357. The highest BCUT2D eigenvalue weighted by molar-refractivity contribution is 6.31. The molecule has 0 saturated carbocycles. The molecule has 0 saturated heterocycles. The summed E-state index contributed by atoms with van der Waals surface area (Å²) >= 11 is 12.4. The average molecular weight is 283 g/mol. The van der Waals surface area contributed by atoms with Gasteiger partial charge in [0.1, 0.15) is 5.15 Å². The predicted molar refractivity (Wildman–Crippen MR) is 77.2 cm³/mol. The number of hydrogen-bond donors (Lipinski definition) is 0. The first-order valence-corrected chi connectivity index (χ1v) is 6.75. The van der Waals surface area contributed by atoms with Gasteiger partial charge in [-0.2, -0.15) is 5.10 Å². The first-order chi connectivity index (χ1) is 8.45. The van der Waals surface area contributed by atoms with Crippen LogP contribution >= 0.6 is 23.2 Å². The quantitative estimate of drug-likeness (QED) is 0.731. The van der Waals surface area contributed by atoms with E-state index in [1.807, 2.05) is 35.0 Å². The Balaban J connectivity index is 2.62. The fourth-order valence-electron chi connectivity index (χ4n) is 1.82. The first kappa shape index (κ1) is 13.4. The van der Waals surface area contributed by atoms with Crippen LogP contribution in [0.3, 0.4) is 0 Å². The highest BCUT2D eigenvalue weighted by atomic mass is 35.5. The third kappa shape index (κ3) is 2.40. The lowest BCUT2D eigenvalue weighted by Gasteiger charge is -2.20. The molecule has 96 valence electrons. The molecule has 0 amide bonds. The van der Waals surface area contributed by atoms with Crippen LogP contribution < -0.4 is 0 Å². The SMILES string of the molecule is CC(C)(C)n1nc(-c2ccccc2)c(CCl)c1Cl. The normalized spacial score (nSPS) is 11.8. The van der Waals surface area contributed by atoms with Crippen LogP contribution in [0.15, 0.2) is 30.3 Å². The van der Waals surface area contributed by atoms with Crippen LogP contribution in [0.5, 0.6) is 0 Å². The highest BCUT2D eigenvalue weighted by Crippen LogP contribution is 2.33. The molecular formula is C14H16Cl2N2. The fourth-order valence-corrected chi connectivity index (χ4v) is 2.59. The van der Waals surface area contributed by atoms with E-state index in [2.05, 4.69) is 25.9 Å². The summed E-state index contributed by atoms with van der Waals surface area (Å²) in [5.74, 6) is 0.360. The largest absolute Gasteiger partial charge is 0.248 e. The van der Waals surface area contributed by atoms with Gasteiger partial charge in [-0.25, -0.2) is 4.68 Å². The van der Waals surface area contributed by atoms with Gasteiger partial charge in [-0.05, 0) is 20.8 Å². The number of benzene rings is 1. The lowest BCUT2D eigenvalue weighted by Crippen LogP contribution is -2.23. The number of nitrogens with zero attached hydrogens (tertiary/aromatic N) is 2. The summed E-state index contributed by atoms with van der Waals surface area (Å²) in [6.07, 6.45) is 0. The smallest absolute Gasteiger partial charge is 0.132 e. The molecule has 0 spiro atoms. The van der Waals surface area contributed by atoms with E-state index in [4.69, 9.17) is 23.2 Å². The van der Waals surface area contributed by atoms with Gasteiger partial charge in [0.15, 0.2) is 0 Å². The van der Waals surface area contributed by atoms with Gasteiger partial charge in [0.25, 0.3) is 0 Å². The minimum Gasteiger partial charge on any atom is -0.248 e. The van der Waals surface area contributed by atoms with Crippen molar-refractivity contribution in [1.29, 1.82) is 0 Å². The minimum atomic E-state index is -0.162. The molecule has 1 aromatic carbocycles. The Morgan fingerprint density at radius 2 is 1.78 bits per heavy atom. The van der Waals surface area contributed by atoms with E-state index in [0.29, 0.717) is 11.0 Å². The Morgan fingerprint density at radius 3 is 2.28 bits per heavy atom. The van der Waals surface area contributed by atoms with E-state index in [0.717, 1.165) is 16.8 Å². The summed E-state index contributed by atoms with van der Waals surface area (Å²) in [6, 6.07) is 9.98. The molecule has 4 heteroatoms. The van der Waals surface area contributed by atoms with Crippen LogP contribution in [0.2, 0.25) is 5.15 Å². The van der Waals surface area contributed by atoms with Crippen molar-refractivity contribution < 1.29 is 0 Å². The van der Waals surface area contributed by atoms with Gasteiger partial charge in [-0.1, -0.05) is 41.9 Å². The summed E-state index contributed by atoms with van der Waals surface area (Å²) in [4.78, 5) is 0. The fraction of sp³-hybridized carbons (Fsp3) is 0.357. The molecule has 0 aliphatic rings. The molecular weight excluding hydrogens is 267 g/mol. The second-order valence-electron chi connectivity index (χ2n) is 5.20. The average Bonchev–Trinajstić information content (AvgIpc) is 2.67. The predicted octanol–water partition coefficient (Wildman–Crippen LogP) is 4.70. The van der Waals surface area contributed by atoms with E-state index < -0.39 is 0 Å². The van der Waals surface area contributed by atoms with E-state index >= 15 is 0 Å². The van der Waals surface area contributed by atoms with Gasteiger partial charge in [0.2, 0.25) is 0 Å². The molecule has 2 aromatic rings.